The zero-order chi connectivity index (χ0) is 15.4. The van der Waals surface area contributed by atoms with Gasteiger partial charge in [-0.2, -0.15) is 0 Å². The Bertz CT molecular complexity index is 681. The monoisotopic (exact) mass is 287 g/mol. The molecule has 5 heteroatoms. The first-order chi connectivity index (χ1) is 10.0. The van der Waals surface area contributed by atoms with Crippen molar-refractivity contribution in [2.24, 2.45) is 0 Å². The van der Waals surface area contributed by atoms with Crippen molar-refractivity contribution >= 4 is 22.6 Å². The molecule has 2 rings (SSSR count). The lowest BCUT2D eigenvalue weighted by Crippen LogP contribution is -2.29. The van der Waals surface area contributed by atoms with Crippen LogP contribution in [-0.2, 0) is 9.53 Å². The largest absolute Gasteiger partial charge is 0.507 e. The van der Waals surface area contributed by atoms with Crippen molar-refractivity contribution in [3.05, 3.63) is 42.0 Å². The van der Waals surface area contributed by atoms with Gasteiger partial charge in [0.15, 0.2) is 0 Å². The summed E-state index contributed by atoms with van der Waals surface area (Å²) >= 11 is 0. The van der Waals surface area contributed by atoms with E-state index in [-0.39, 0.29) is 36.2 Å². The molecule has 0 spiro atoms. The van der Waals surface area contributed by atoms with Gasteiger partial charge >= 0.3 is 5.97 Å². The summed E-state index contributed by atoms with van der Waals surface area (Å²) in [4.78, 5) is 24.8. The third-order valence-corrected chi connectivity index (χ3v) is 3.32. The maximum Gasteiger partial charge on any atom is 0.307 e. The van der Waals surface area contributed by atoms with Gasteiger partial charge in [0, 0.05) is 13.6 Å². The van der Waals surface area contributed by atoms with Crippen molar-refractivity contribution in [3.8, 4) is 5.75 Å². The van der Waals surface area contributed by atoms with E-state index in [9.17, 15) is 14.7 Å². The van der Waals surface area contributed by atoms with Crippen LogP contribution in [0.2, 0.25) is 0 Å². The molecule has 0 atom stereocenters. The quantitative estimate of drug-likeness (QED) is 0.875. The van der Waals surface area contributed by atoms with Crippen LogP contribution in [0.3, 0.4) is 0 Å². The Morgan fingerprint density at radius 2 is 1.81 bits per heavy atom. The van der Waals surface area contributed by atoms with Crippen LogP contribution in [0.4, 0.5) is 0 Å². The van der Waals surface area contributed by atoms with Gasteiger partial charge in [-0.1, -0.05) is 24.3 Å². The maximum atomic E-state index is 12.3. The van der Waals surface area contributed by atoms with E-state index in [1.807, 2.05) is 24.3 Å². The number of esters is 1. The van der Waals surface area contributed by atoms with E-state index < -0.39 is 0 Å². The lowest BCUT2D eigenvalue weighted by molar-refractivity contribution is -0.140. The van der Waals surface area contributed by atoms with Crippen LogP contribution in [0.25, 0.3) is 10.8 Å². The fourth-order valence-corrected chi connectivity index (χ4v) is 2.07. The molecule has 0 aliphatic rings. The molecular formula is C16H17NO4. The lowest BCUT2D eigenvalue weighted by Gasteiger charge is -2.17. The predicted molar refractivity (Wildman–Crippen MR) is 79.2 cm³/mol. The maximum absolute atomic E-state index is 12.3. The van der Waals surface area contributed by atoms with Crippen molar-refractivity contribution in [2.75, 3.05) is 20.7 Å². The van der Waals surface area contributed by atoms with Gasteiger partial charge < -0.3 is 14.7 Å². The highest BCUT2D eigenvalue weighted by Crippen LogP contribution is 2.25. The van der Waals surface area contributed by atoms with Crippen molar-refractivity contribution in [3.63, 3.8) is 0 Å². The van der Waals surface area contributed by atoms with Gasteiger partial charge in [0.2, 0.25) is 0 Å². The summed E-state index contributed by atoms with van der Waals surface area (Å²) in [5.41, 5.74) is 0.223. The second kappa shape index (κ2) is 6.26. The summed E-state index contributed by atoms with van der Waals surface area (Å²) < 4.78 is 4.54. The molecule has 0 bridgehead atoms. The summed E-state index contributed by atoms with van der Waals surface area (Å²) in [5, 5.41) is 11.8. The number of carbonyl (C=O) groups excluding carboxylic acids is 2. The first kappa shape index (κ1) is 14.8. The van der Waals surface area contributed by atoms with Crippen LogP contribution in [0.1, 0.15) is 16.8 Å². The number of carbonyl (C=O) groups is 2. The molecule has 0 aromatic heterocycles. The summed E-state index contributed by atoms with van der Waals surface area (Å²) in [6.45, 7) is 0.234. The van der Waals surface area contributed by atoms with Gasteiger partial charge in [-0.05, 0) is 22.9 Å². The molecule has 0 saturated heterocycles. The first-order valence-corrected chi connectivity index (χ1v) is 6.57. The minimum atomic E-state index is -0.377. The number of hydrogen-bond donors (Lipinski definition) is 1. The van der Waals surface area contributed by atoms with Gasteiger partial charge in [-0.25, -0.2) is 0 Å². The molecule has 2 aromatic carbocycles. The third kappa shape index (κ3) is 3.31. The number of phenols is 1. The molecule has 0 heterocycles. The van der Waals surface area contributed by atoms with Gasteiger partial charge in [0.05, 0.1) is 19.1 Å². The molecule has 1 N–H and O–H groups in total. The number of aromatic hydroxyl groups is 1. The van der Waals surface area contributed by atoms with Gasteiger partial charge in [0.25, 0.3) is 5.91 Å². The van der Waals surface area contributed by atoms with Crippen LogP contribution in [0, 0.1) is 0 Å². The SMILES string of the molecule is COC(=O)CCN(C)C(=O)c1cc2ccccc2cc1O. The van der Waals surface area contributed by atoms with Gasteiger partial charge in [0.1, 0.15) is 5.75 Å². The molecule has 0 unspecified atom stereocenters. The second-order valence-corrected chi connectivity index (χ2v) is 4.77. The van der Waals surface area contributed by atoms with Crippen LogP contribution in [-0.4, -0.2) is 42.6 Å². The van der Waals surface area contributed by atoms with Crippen molar-refractivity contribution in [1.82, 2.24) is 4.90 Å². The van der Waals surface area contributed by atoms with Crippen molar-refractivity contribution in [1.29, 1.82) is 0 Å². The Hall–Kier alpha value is -2.56. The fourth-order valence-electron chi connectivity index (χ4n) is 2.07. The Balaban J connectivity index is 2.22. The van der Waals surface area contributed by atoms with Crippen molar-refractivity contribution in [2.45, 2.75) is 6.42 Å². The minimum absolute atomic E-state index is 0.0661. The summed E-state index contributed by atoms with van der Waals surface area (Å²) in [6.07, 6.45) is 0.118. The molecule has 110 valence electrons. The van der Waals surface area contributed by atoms with Crippen LogP contribution < -0.4 is 0 Å². The predicted octanol–water partition coefficient (Wildman–Crippen LogP) is 2.18. The van der Waals surface area contributed by atoms with Crippen LogP contribution in [0.5, 0.6) is 5.75 Å². The number of rotatable bonds is 4. The number of methoxy groups -OCH3 is 1. The fraction of sp³-hybridized carbons (Fsp3) is 0.250. The van der Waals surface area contributed by atoms with Gasteiger partial charge in [-0.15, -0.1) is 0 Å². The normalized spacial score (nSPS) is 10.4. The molecule has 0 radical (unpaired) electrons. The molecule has 0 aliphatic heterocycles. The van der Waals surface area contributed by atoms with Gasteiger partial charge in [-0.3, -0.25) is 9.59 Å². The number of amides is 1. The number of benzene rings is 2. The van der Waals surface area contributed by atoms with E-state index in [0.29, 0.717) is 0 Å². The number of ether oxygens (including phenoxy) is 1. The second-order valence-electron chi connectivity index (χ2n) is 4.77. The van der Waals surface area contributed by atoms with Crippen LogP contribution in [0.15, 0.2) is 36.4 Å². The smallest absolute Gasteiger partial charge is 0.307 e. The summed E-state index contributed by atoms with van der Waals surface area (Å²) in [5.74, 6) is -0.775. The highest BCUT2D eigenvalue weighted by molar-refractivity contribution is 6.01. The van der Waals surface area contributed by atoms with Crippen LogP contribution >= 0.6 is 0 Å². The van der Waals surface area contributed by atoms with E-state index in [2.05, 4.69) is 4.74 Å². The van der Waals surface area contributed by atoms with E-state index in [4.69, 9.17) is 0 Å². The Kier molecular flexibility index (Phi) is 4.42. The number of hydrogen-bond acceptors (Lipinski definition) is 4. The molecule has 0 aliphatic carbocycles. The summed E-state index contributed by atoms with van der Waals surface area (Å²) in [7, 11) is 2.89. The molecule has 21 heavy (non-hydrogen) atoms. The molecule has 1 amide bonds. The standard InChI is InChI=1S/C16H17NO4/c1-17(8-7-15(19)21-2)16(20)13-9-11-5-3-4-6-12(11)10-14(13)18/h3-6,9-10,18H,7-8H2,1-2H3. The van der Waals surface area contributed by atoms with E-state index in [1.165, 1.54) is 12.0 Å². The third-order valence-electron chi connectivity index (χ3n) is 3.32. The molecule has 0 saturated carbocycles. The zero-order valence-corrected chi connectivity index (χ0v) is 12.0. The molecule has 2 aromatic rings. The van der Waals surface area contributed by atoms with E-state index in [0.717, 1.165) is 10.8 Å². The minimum Gasteiger partial charge on any atom is -0.507 e. The summed E-state index contributed by atoms with van der Waals surface area (Å²) in [6, 6.07) is 10.7. The molecule has 0 fully saturated rings. The average molecular weight is 287 g/mol. The lowest BCUT2D eigenvalue weighted by atomic mass is 10.1. The number of phenolic OH excluding ortho intramolecular Hbond substituents is 1. The highest BCUT2D eigenvalue weighted by atomic mass is 16.5. The Morgan fingerprint density at radius 1 is 1.19 bits per heavy atom. The zero-order valence-electron chi connectivity index (χ0n) is 12.0. The highest BCUT2D eigenvalue weighted by Gasteiger charge is 2.17. The Labute approximate surface area is 122 Å². The number of fused-ring (bicyclic) bond motifs is 1. The Morgan fingerprint density at radius 3 is 2.43 bits per heavy atom. The van der Waals surface area contributed by atoms with Crippen molar-refractivity contribution < 1.29 is 19.4 Å². The first-order valence-electron chi connectivity index (χ1n) is 6.57. The number of nitrogens with zero attached hydrogens (tertiary/aromatic N) is 1. The average Bonchev–Trinajstić information content (AvgIpc) is 2.50. The molecular weight excluding hydrogens is 270 g/mol. The van der Waals surface area contributed by atoms with E-state index in [1.54, 1.807) is 19.2 Å². The van der Waals surface area contributed by atoms with E-state index >= 15 is 0 Å². The topological polar surface area (TPSA) is 66.8 Å². The molecule has 5 nitrogen and oxygen atoms in total.